The third-order valence-corrected chi connectivity index (χ3v) is 2.04. The van der Waals surface area contributed by atoms with Crippen LogP contribution in [-0.4, -0.2) is 19.5 Å². The van der Waals surface area contributed by atoms with E-state index in [1.807, 2.05) is 0 Å². The van der Waals surface area contributed by atoms with Crippen LogP contribution in [0.5, 0.6) is 11.5 Å². The third kappa shape index (κ3) is 1.40. The van der Waals surface area contributed by atoms with Crippen LogP contribution in [0.25, 0.3) is 0 Å². The zero-order chi connectivity index (χ0) is 10.8. The van der Waals surface area contributed by atoms with Crippen molar-refractivity contribution in [3.63, 3.8) is 0 Å². The van der Waals surface area contributed by atoms with Gasteiger partial charge in [-0.1, -0.05) is 0 Å². The molecule has 0 unspecified atom stereocenters. The number of benzene rings is 1. The van der Waals surface area contributed by atoms with E-state index in [2.05, 4.69) is 0 Å². The molecule has 1 aliphatic heterocycles. The Morgan fingerprint density at radius 3 is 2.87 bits per heavy atom. The predicted octanol–water partition coefficient (Wildman–Crippen LogP) is 1.28. The zero-order valence-corrected chi connectivity index (χ0v) is 7.62. The Kier molecular flexibility index (Phi) is 2.26. The molecule has 1 aliphatic rings. The largest absolute Gasteiger partial charge is 0.486 e. The van der Waals surface area contributed by atoms with Crippen LogP contribution in [-0.2, 0) is 0 Å². The van der Waals surface area contributed by atoms with Gasteiger partial charge in [-0.15, -0.1) is 0 Å². The minimum Gasteiger partial charge on any atom is -0.486 e. The van der Waals surface area contributed by atoms with Gasteiger partial charge in [0.05, 0.1) is 5.56 Å². The summed E-state index contributed by atoms with van der Waals surface area (Å²) in [7, 11) is 0. The average molecular weight is 207 g/mol. The number of hydrogen-bond acceptors (Lipinski definition) is 4. The Bertz CT molecular complexity index is 465. The van der Waals surface area contributed by atoms with Crippen molar-refractivity contribution in [2.75, 3.05) is 13.2 Å². The molecule has 0 atom stereocenters. The molecule has 0 aromatic heterocycles. The van der Waals surface area contributed by atoms with Crippen LogP contribution in [0.1, 0.15) is 15.9 Å². The SMILES string of the molecule is N#Cc1c(F)c(C=O)cc2c1OCCO2. The van der Waals surface area contributed by atoms with Crippen molar-refractivity contribution >= 4 is 6.29 Å². The number of halogens is 1. The first kappa shape index (κ1) is 9.46. The normalized spacial score (nSPS) is 13.1. The number of carbonyl (C=O) groups excluding carboxylic acids is 1. The molecule has 0 amide bonds. The van der Waals surface area contributed by atoms with Crippen molar-refractivity contribution in [3.05, 3.63) is 23.0 Å². The number of ether oxygens (including phenoxy) is 2. The number of nitrogens with zero attached hydrogens (tertiary/aromatic N) is 1. The van der Waals surface area contributed by atoms with Gasteiger partial charge >= 0.3 is 0 Å². The van der Waals surface area contributed by atoms with Crippen molar-refractivity contribution in [1.82, 2.24) is 0 Å². The van der Waals surface area contributed by atoms with Gasteiger partial charge in [-0.25, -0.2) is 4.39 Å². The van der Waals surface area contributed by atoms with Crippen LogP contribution in [0.4, 0.5) is 4.39 Å². The van der Waals surface area contributed by atoms with Gasteiger partial charge in [0.2, 0.25) is 0 Å². The molecule has 0 spiro atoms. The first-order valence-corrected chi connectivity index (χ1v) is 4.25. The van der Waals surface area contributed by atoms with Crippen molar-refractivity contribution in [1.29, 1.82) is 5.26 Å². The number of rotatable bonds is 1. The molecule has 0 aliphatic carbocycles. The van der Waals surface area contributed by atoms with Crippen LogP contribution < -0.4 is 9.47 Å². The maximum atomic E-state index is 13.5. The summed E-state index contributed by atoms with van der Waals surface area (Å²) in [5.74, 6) is -0.551. The summed E-state index contributed by atoms with van der Waals surface area (Å²) < 4.78 is 23.8. The Hall–Kier alpha value is -2.09. The molecule has 15 heavy (non-hydrogen) atoms. The summed E-state index contributed by atoms with van der Waals surface area (Å²) in [5.41, 5.74) is -0.481. The number of carbonyl (C=O) groups is 1. The fraction of sp³-hybridized carbons (Fsp3) is 0.200. The van der Waals surface area contributed by atoms with Crippen molar-refractivity contribution < 1.29 is 18.7 Å². The number of nitriles is 1. The summed E-state index contributed by atoms with van der Waals surface area (Å²) in [6.07, 6.45) is 0.342. The maximum absolute atomic E-state index is 13.5. The maximum Gasteiger partial charge on any atom is 0.182 e. The fourth-order valence-electron chi connectivity index (χ4n) is 1.37. The second-order valence-electron chi connectivity index (χ2n) is 2.91. The lowest BCUT2D eigenvalue weighted by Gasteiger charge is -2.19. The summed E-state index contributed by atoms with van der Waals surface area (Å²) in [6.45, 7) is 0.587. The molecule has 4 nitrogen and oxygen atoms in total. The quantitative estimate of drug-likeness (QED) is 0.651. The molecule has 0 radical (unpaired) electrons. The molecule has 76 valence electrons. The number of aldehydes is 1. The summed E-state index contributed by atoms with van der Waals surface area (Å²) >= 11 is 0. The van der Waals surface area contributed by atoms with E-state index in [1.54, 1.807) is 6.07 Å². The molecule has 5 heteroatoms. The zero-order valence-electron chi connectivity index (χ0n) is 7.62. The molecule has 0 saturated carbocycles. The summed E-state index contributed by atoms with van der Waals surface area (Å²) in [4.78, 5) is 10.5. The van der Waals surface area contributed by atoms with E-state index in [1.165, 1.54) is 6.07 Å². The van der Waals surface area contributed by atoms with Crippen LogP contribution in [0.2, 0.25) is 0 Å². The van der Waals surface area contributed by atoms with E-state index in [0.29, 0.717) is 12.9 Å². The van der Waals surface area contributed by atoms with Gasteiger partial charge in [-0.05, 0) is 6.07 Å². The van der Waals surface area contributed by atoms with Crippen molar-refractivity contribution in [2.45, 2.75) is 0 Å². The van der Waals surface area contributed by atoms with Gasteiger partial charge in [0.15, 0.2) is 23.6 Å². The molecule has 1 aromatic carbocycles. The smallest absolute Gasteiger partial charge is 0.182 e. The Morgan fingerprint density at radius 1 is 1.47 bits per heavy atom. The highest BCUT2D eigenvalue weighted by atomic mass is 19.1. The van der Waals surface area contributed by atoms with E-state index in [9.17, 15) is 9.18 Å². The lowest BCUT2D eigenvalue weighted by molar-refractivity contribution is 0.111. The molecular formula is C10H6FNO3. The third-order valence-electron chi connectivity index (χ3n) is 2.04. The molecule has 2 rings (SSSR count). The first-order chi connectivity index (χ1) is 7.27. The van der Waals surface area contributed by atoms with Crippen LogP contribution in [0, 0.1) is 17.1 Å². The predicted molar refractivity (Wildman–Crippen MR) is 47.5 cm³/mol. The monoisotopic (exact) mass is 207 g/mol. The lowest BCUT2D eigenvalue weighted by Crippen LogP contribution is -2.17. The van der Waals surface area contributed by atoms with Gasteiger partial charge in [-0.3, -0.25) is 4.79 Å². The van der Waals surface area contributed by atoms with Gasteiger partial charge in [-0.2, -0.15) is 5.26 Å². The van der Waals surface area contributed by atoms with Gasteiger partial charge < -0.3 is 9.47 Å². The van der Waals surface area contributed by atoms with Gasteiger partial charge in [0.25, 0.3) is 0 Å². The van der Waals surface area contributed by atoms with Crippen LogP contribution >= 0.6 is 0 Å². The first-order valence-electron chi connectivity index (χ1n) is 4.25. The molecular weight excluding hydrogens is 201 g/mol. The Labute approximate surface area is 84.8 Å². The van der Waals surface area contributed by atoms with Crippen LogP contribution in [0.15, 0.2) is 6.07 Å². The van der Waals surface area contributed by atoms with E-state index < -0.39 is 5.82 Å². The second kappa shape index (κ2) is 3.58. The molecule has 0 N–H and O–H groups in total. The topological polar surface area (TPSA) is 59.3 Å². The van der Waals surface area contributed by atoms with Gasteiger partial charge in [0.1, 0.15) is 24.8 Å². The van der Waals surface area contributed by atoms with Crippen molar-refractivity contribution in [3.8, 4) is 17.6 Å². The summed E-state index contributed by atoms with van der Waals surface area (Å²) in [6, 6.07) is 2.89. The number of fused-ring (bicyclic) bond motifs is 1. The number of hydrogen-bond donors (Lipinski definition) is 0. The minimum atomic E-state index is -0.864. The molecule has 1 heterocycles. The molecule has 0 bridgehead atoms. The standard InChI is InChI=1S/C10H6FNO3/c11-9-6(5-13)3-8-10(7(9)4-12)15-2-1-14-8/h3,5H,1-2H2. The summed E-state index contributed by atoms with van der Waals surface area (Å²) in [5, 5.41) is 8.75. The Morgan fingerprint density at radius 2 is 2.20 bits per heavy atom. The molecule has 0 saturated heterocycles. The fourth-order valence-corrected chi connectivity index (χ4v) is 1.37. The van der Waals surface area contributed by atoms with E-state index >= 15 is 0 Å². The average Bonchev–Trinajstić information content (AvgIpc) is 2.28. The Balaban J connectivity index is 2.70. The second-order valence-corrected chi connectivity index (χ2v) is 2.91. The molecule has 0 fully saturated rings. The van der Waals surface area contributed by atoms with E-state index in [0.717, 1.165) is 0 Å². The highest BCUT2D eigenvalue weighted by Crippen LogP contribution is 2.36. The van der Waals surface area contributed by atoms with Gasteiger partial charge in [0, 0.05) is 0 Å². The van der Waals surface area contributed by atoms with Crippen LogP contribution in [0.3, 0.4) is 0 Å². The minimum absolute atomic E-state index is 0.0758. The molecule has 1 aromatic rings. The highest BCUT2D eigenvalue weighted by molar-refractivity contribution is 5.79. The van der Waals surface area contributed by atoms with E-state index in [-0.39, 0.29) is 29.2 Å². The van der Waals surface area contributed by atoms with Crippen molar-refractivity contribution in [2.24, 2.45) is 0 Å². The lowest BCUT2D eigenvalue weighted by atomic mass is 10.1. The highest BCUT2D eigenvalue weighted by Gasteiger charge is 2.22. The van der Waals surface area contributed by atoms with E-state index in [4.69, 9.17) is 14.7 Å².